The van der Waals surface area contributed by atoms with Gasteiger partial charge in [0, 0.05) is 45.5 Å². The number of rotatable bonds is 3. The second kappa shape index (κ2) is 7.67. The van der Waals surface area contributed by atoms with Gasteiger partial charge in [-0.05, 0) is 25.3 Å². The van der Waals surface area contributed by atoms with Crippen molar-refractivity contribution in [1.29, 1.82) is 0 Å². The summed E-state index contributed by atoms with van der Waals surface area (Å²) < 4.78 is 28.6. The number of hydrogen-bond acceptors (Lipinski definition) is 5. The standard InChI is InChI=1S/C16H24N4O4S/c21-15-13-17-6-5-14(15)16(22)18-7-4-10-20(12-11-18)25(23,24)19-8-2-1-3-9-19/h5-6,13,21H,1-4,7-12H2. The fraction of sp³-hybridized carbons (Fsp3) is 0.625. The Bertz CT molecular complexity index is 719. The average Bonchev–Trinajstić information content (AvgIpc) is 2.89. The molecular weight excluding hydrogens is 344 g/mol. The Morgan fingerprint density at radius 3 is 2.36 bits per heavy atom. The molecule has 1 N–H and O–H groups in total. The van der Waals surface area contributed by atoms with E-state index in [0.29, 0.717) is 39.1 Å². The minimum absolute atomic E-state index is 0.158. The van der Waals surface area contributed by atoms with E-state index in [1.807, 2.05) is 0 Å². The molecule has 2 aliphatic rings. The van der Waals surface area contributed by atoms with E-state index < -0.39 is 10.2 Å². The van der Waals surface area contributed by atoms with Gasteiger partial charge in [0.2, 0.25) is 0 Å². The van der Waals surface area contributed by atoms with Crippen LogP contribution in [0.25, 0.3) is 0 Å². The lowest BCUT2D eigenvalue weighted by molar-refractivity contribution is 0.0760. The quantitative estimate of drug-likeness (QED) is 0.846. The first-order chi connectivity index (χ1) is 12.0. The van der Waals surface area contributed by atoms with Crippen LogP contribution in [0.3, 0.4) is 0 Å². The highest BCUT2D eigenvalue weighted by molar-refractivity contribution is 7.86. The van der Waals surface area contributed by atoms with E-state index in [0.717, 1.165) is 19.3 Å². The SMILES string of the molecule is O=C(c1ccncc1O)N1CCCN(S(=O)(=O)N2CCCCC2)CC1. The van der Waals surface area contributed by atoms with Crippen LogP contribution < -0.4 is 0 Å². The molecule has 3 heterocycles. The van der Waals surface area contributed by atoms with Crippen molar-refractivity contribution in [3.8, 4) is 5.75 Å². The Kier molecular flexibility index (Phi) is 5.55. The van der Waals surface area contributed by atoms with Gasteiger partial charge in [-0.2, -0.15) is 17.0 Å². The van der Waals surface area contributed by atoms with Gasteiger partial charge in [0.1, 0.15) is 5.75 Å². The predicted octanol–water partition coefficient (Wildman–Crippen LogP) is 0.666. The minimum Gasteiger partial charge on any atom is -0.505 e. The zero-order valence-electron chi connectivity index (χ0n) is 14.2. The largest absolute Gasteiger partial charge is 0.505 e. The van der Waals surface area contributed by atoms with Gasteiger partial charge in [-0.1, -0.05) is 6.42 Å². The molecule has 1 aromatic heterocycles. The number of carbonyl (C=O) groups excluding carboxylic acids is 1. The molecule has 1 amide bonds. The molecule has 0 bridgehead atoms. The van der Waals surface area contributed by atoms with Crippen molar-refractivity contribution in [1.82, 2.24) is 18.5 Å². The maximum absolute atomic E-state index is 12.8. The molecule has 0 saturated carbocycles. The molecule has 2 fully saturated rings. The summed E-state index contributed by atoms with van der Waals surface area (Å²) in [5, 5.41) is 9.81. The van der Waals surface area contributed by atoms with Crippen molar-refractivity contribution < 1.29 is 18.3 Å². The van der Waals surface area contributed by atoms with E-state index in [1.165, 1.54) is 22.8 Å². The number of piperidine rings is 1. The normalized spacial score (nSPS) is 21.0. The molecule has 0 unspecified atom stereocenters. The zero-order chi connectivity index (χ0) is 17.9. The van der Waals surface area contributed by atoms with E-state index in [1.54, 1.807) is 9.21 Å². The highest BCUT2D eigenvalue weighted by Crippen LogP contribution is 2.20. The van der Waals surface area contributed by atoms with Gasteiger partial charge in [0.25, 0.3) is 16.1 Å². The number of nitrogens with zero attached hydrogens (tertiary/aromatic N) is 4. The van der Waals surface area contributed by atoms with Crippen molar-refractivity contribution in [2.45, 2.75) is 25.7 Å². The van der Waals surface area contributed by atoms with Crippen LogP contribution in [0.4, 0.5) is 0 Å². The van der Waals surface area contributed by atoms with Gasteiger partial charge in [-0.25, -0.2) is 0 Å². The summed E-state index contributed by atoms with van der Waals surface area (Å²) in [6.07, 6.45) is 6.14. The lowest BCUT2D eigenvalue weighted by Gasteiger charge is -2.31. The topological polar surface area (TPSA) is 94.0 Å². The first-order valence-corrected chi connectivity index (χ1v) is 10.1. The number of carbonyl (C=O) groups is 1. The van der Waals surface area contributed by atoms with Crippen molar-refractivity contribution in [2.24, 2.45) is 0 Å². The Morgan fingerprint density at radius 1 is 0.960 bits per heavy atom. The Morgan fingerprint density at radius 2 is 1.64 bits per heavy atom. The third-order valence-corrected chi connectivity index (χ3v) is 6.78. The summed E-state index contributed by atoms with van der Waals surface area (Å²) in [5.41, 5.74) is 0.197. The second-order valence-electron chi connectivity index (χ2n) is 6.41. The van der Waals surface area contributed by atoms with Crippen LogP contribution in [0.2, 0.25) is 0 Å². The Labute approximate surface area is 148 Å². The van der Waals surface area contributed by atoms with Crippen LogP contribution in [0.15, 0.2) is 18.5 Å². The van der Waals surface area contributed by atoms with Gasteiger partial charge in [0.15, 0.2) is 0 Å². The van der Waals surface area contributed by atoms with Crippen molar-refractivity contribution in [2.75, 3.05) is 39.3 Å². The lowest BCUT2D eigenvalue weighted by Crippen LogP contribution is -2.47. The molecule has 0 spiro atoms. The number of aromatic nitrogens is 1. The van der Waals surface area contributed by atoms with Crippen LogP contribution in [-0.4, -0.2) is 77.2 Å². The summed E-state index contributed by atoms with van der Waals surface area (Å²) in [7, 11) is -3.46. The highest BCUT2D eigenvalue weighted by Gasteiger charge is 2.32. The van der Waals surface area contributed by atoms with Gasteiger partial charge < -0.3 is 10.0 Å². The van der Waals surface area contributed by atoms with E-state index in [-0.39, 0.29) is 23.8 Å². The predicted molar refractivity (Wildman–Crippen MR) is 92.3 cm³/mol. The molecule has 2 aliphatic heterocycles. The van der Waals surface area contributed by atoms with E-state index in [2.05, 4.69) is 4.98 Å². The van der Waals surface area contributed by atoms with Crippen molar-refractivity contribution in [3.63, 3.8) is 0 Å². The molecule has 0 aromatic carbocycles. The van der Waals surface area contributed by atoms with Crippen LogP contribution in [0.1, 0.15) is 36.0 Å². The Hall–Kier alpha value is -1.71. The maximum atomic E-state index is 12.8. The third kappa shape index (κ3) is 3.94. The molecule has 3 rings (SSSR count). The van der Waals surface area contributed by atoms with Crippen LogP contribution in [0, 0.1) is 0 Å². The molecule has 0 aliphatic carbocycles. The molecule has 8 nitrogen and oxygen atoms in total. The van der Waals surface area contributed by atoms with Gasteiger partial charge in [-0.3, -0.25) is 9.78 Å². The van der Waals surface area contributed by atoms with E-state index in [4.69, 9.17) is 0 Å². The van der Waals surface area contributed by atoms with Gasteiger partial charge in [-0.15, -0.1) is 0 Å². The summed E-state index contributed by atoms with van der Waals surface area (Å²) in [4.78, 5) is 18.0. The van der Waals surface area contributed by atoms with Crippen LogP contribution in [0.5, 0.6) is 5.75 Å². The second-order valence-corrected chi connectivity index (χ2v) is 8.33. The molecule has 2 saturated heterocycles. The number of pyridine rings is 1. The molecule has 1 aromatic rings. The van der Waals surface area contributed by atoms with Gasteiger partial charge >= 0.3 is 0 Å². The first kappa shape index (κ1) is 18.1. The van der Waals surface area contributed by atoms with Crippen molar-refractivity contribution in [3.05, 3.63) is 24.0 Å². The number of aromatic hydroxyl groups is 1. The summed E-state index contributed by atoms with van der Waals surface area (Å²) in [6.45, 7) is 2.61. The molecular formula is C16H24N4O4S. The van der Waals surface area contributed by atoms with E-state index in [9.17, 15) is 18.3 Å². The summed E-state index contributed by atoms with van der Waals surface area (Å²) >= 11 is 0. The minimum atomic E-state index is -3.46. The molecule has 138 valence electrons. The monoisotopic (exact) mass is 368 g/mol. The van der Waals surface area contributed by atoms with Gasteiger partial charge in [0.05, 0.1) is 11.8 Å². The highest BCUT2D eigenvalue weighted by atomic mass is 32.2. The fourth-order valence-corrected chi connectivity index (χ4v) is 5.04. The molecule has 9 heteroatoms. The maximum Gasteiger partial charge on any atom is 0.282 e. The lowest BCUT2D eigenvalue weighted by atomic mass is 10.2. The number of hydrogen-bond donors (Lipinski definition) is 1. The van der Waals surface area contributed by atoms with Crippen molar-refractivity contribution >= 4 is 16.1 Å². The fourth-order valence-electron chi connectivity index (χ4n) is 3.32. The molecule has 25 heavy (non-hydrogen) atoms. The first-order valence-electron chi connectivity index (χ1n) is 8.67. The average molecular weight is 368 g/mol. The van der Waals surface area contributed by atoms with Crippen LogP contribution in [-0.2, 0) is 10.2 Å². The Balaban J connectivity index is 1.68. The smallest absolute Gasteiger partial charge is 0.282 e. The third-order valence-electron chi connectivity index (χ3n) is 4.74. The molecule has 0 radical (unpaired) electrons. The number of amides is 1. The zero-order valence-corrected chi connectivity index (χ0v) is 15.0. The summed E-state index contributed by atoms with van der Waals surface area (Å²) in [6, 6.07) is 1.48. The molecule has 0 atom stereocenters. The summed E-state index contributed by atoms with van der Waals surface area (Å²) in [5.74, 6) is -0.452. The van der Waals surface area contributed by atoms with Crippen LogP contribution >= 0.6 is 0 Å². The van der Waals surface area contributed by atoms with E-state index >= 15 is 0 Å².